The van der Waals surface area contributed by atoms with Gasteiger partial charge in [-0.05, 0) is 19.3 Å². The normalized spacial score (nSPS) is 46.1. The minimum absolute atomic E-state index is 0.111. The molecular formula is C8H11BrO. The molecule has 0 aromatic heterocycles. The highest BCUT2D eigenvalue weighted by molar-refractivity contribution is 9.09. The highest BCUT2D eigenvalue weighted by atomic mass is 79.9. The van der Waals surface area contributed by atoms with Crippen molar-refractivity contribution in [3.8, 4) is 0 Å². The number of carbonyl (C=O) groups is 1. The zero-order valence-electron chi connectivity index (χ0n) is 5.90. The molecule has 2 heteroatoms. The maximum absolute atomic E-state index is 11.2. The Hall–Kier alpha value is 0.150. The van der Waals surface area contributed by atoms with Gasteiger partial charge in [0.1, 0.15) is 5.78 Å². The Morgan fingerprint density at radius 2 is 2.30 bits per heavy atom. The largest absolute Gasteiger partial charge is 0.299 e. The van der Waals surface area contributed by atoms with E-state index in [-0.39, 0.29) is 5.41 Å². The molecule has 2 fully saturated rings. The average Bonchev–Trinajstić information content (AvgIpc) is 2.30. The second-order valence-corrected chi connectivity index (χ2v) is 4.54. The van der Waals surface area contributed by atoms with E-state index in [2.05, 4.69) is 15.9 Å². The van der Waals surface area contributed by atoms with Crippen LogP contribution in [0.25, 0.3) is 0 Å². The molecule has 0 radical (unpaired) electrons. The first-order valence-corrected chi connectivity index (χ1v) is 4.85. The standard InChI is InChI=1S/C8H11BrO/c9-6-2-1-4-8(6)5-3-7(8)10/h6H,1-5H2/t6-,8?/m0/s1. The third-order valence-electron chi connectivity index (χ3n) is 3.03. The molecule has 10 heavy (non-hydrogen) atoms. The second-order valence-electron chi connectivity index (χ2n) is 3.44. The first-order valence-electron chi connectivity index (χ1n) is 3.93. The lowest BCUT2D eigenvalue weighted by Gasteiger charge is -2.39. The Labute approximate surface area is 69.3 Å². The van der Waals surface area contributed by atoms with Gasteiger partial charge >= 0.3 is 0 Å². The molecule has 0 amide bonds. The Morgan fingerprint density at radius 3 is 2.50 bits per heavy atom. The third kappa shape index (κ3) is 0.659. The molecule has 2 saturated carbocycles. The molecule has 2 aliphatic rings. The van der Waals surface area contributed by atoms with E-state index in [1.807, 2.05) is 0 Å². The number of halogens is 1. The number of hydrogen-bond acceptors (Lipinski definition) is 1. The Kier molecular flexibility index (Phi) is 1.41. The van der Waals surface area contributed by atoms with E-state index in [4.69, 9.17) is 0 Å². The topological polar surface area (TPSA) is 17.1 Å². The quantitative estimate of drug-likeness (QED) is 0.552. The fourth-order valence-electron chi connectivity index (χ4n) is 2.17. The van der Waals surface area contributed by atoms with Gasteiger partial charge < -0.3 is 0 Å². The van der Waals surface area contributed by atoms with Crippen molar-refractivity contribution in [1.82, 2.24) is 0 Å². The van der Waals surface area contributed by atoms with Crippen LogP contribution in [0, 0.1) is 5.41 Å². The molecule has 1 unspecified atom stereocenters. The van der Waals surface area contributed by atoms with E-state index in [9.17, 15) is 4.79 Å². The van der Waals surface area contributed by atoms with Crippen molar-refractivity contribution < 1.29 is 4.79 Å². The number of carbonyl (C=O) groups excluding carboxylic acids is 1. The van der Waals surface area contributed by atoms with Crippen molar-refractivity contribution >= 4 is 21.7 Å². The summed E-state index contributed by atoms with van der Waals surface area (Å²) in [6.45, 7) is 0. The fraction of sp³-hybridized carbons (Fsp3) is 0.875. The molecule has 0 saturated heterocycles. The van der Waals surface area contributed by atoms with Gasteiger partial charge in [0.05, 0.1) is 0 Å². The predicted molar refractivity (Wildman–Crippen MR) is 43.2 cm³/mol. The van der Waals surface area contributed by atoms with Gasteiger partial charge in [-0.2, -0.15) is 0 Å². The van der Waals surface area contributed by atoms with Crippen LogP contribution < -0.4 is 0 Å². The molecule has 0 heterocycles. The summed E-state index contributed by atoms with van der Waals surface area (Å²) in [5.74, 6) is 0.506. The highest BCUT2D eigenvalue weighted by Gasteiger charge is 2.52. The summed E-state index contributed by atoms with van der Waals surface area (Å²) < 4.78 is 0. The summed E-state index contributed by atoms with van der Waals surface area (Å²) in [5, 5.41) is 0. The molecule has 0 aromatic carbocycles. The van der Waals surface area contributed by atoms with Gasteiger partial charge in [-0.25, -0.2) is 0 Å². The molecule has 0 bridgehead atoms. The summed E-state index contributed by atoms with van der Waals surface area (Å²) in [6.07, 6.45) is 5.55. The van der Waals surface area contributed by atoms with Crippen LogP contribution in [0.15, 0.2) is 0 Å². The fourth-order valence-corrected chi connectivity index (χ4v) is 3.21. The first kappa shape index (κ1) is 6.84. The van der Waals surface area contributed by atoms with Crippen molar-refractivity contribution in [3.63, 3.8) is 0 Å². The number of Topliss-reactive ketones (excluding diaryl/α,β-unsaturated/α-hetero) is 1. The van der Waals surface area contributed by atoms with E-state index in [0.29, 0.717) is 10.6 Å². The van der Waals surface area contributed by atoms with Crippen molar-refractivity contribution in [1.29, 1.82) is 0 Å². The third-order valence-corrected chi connectivity index (χ3v) is 4.37. The number of hydrogen-bond donors (Lipinski definition) is 0. The smallest absolute Gasteiger partial charge is 0.140 e. The van der Waals surface area contributed by atoms with Crippen molar-refractivity contribution in [3.05, 3.63) is 0 Å². The molecule has 1 spiro atoms. The zero-order valence-corrected chi connectivity index (χ0v) is 7.49. The van der Waals surface area contributed by atoms with Gasteiger partial charge in [0.15, 0.2) is 0 Å². The van der Waals surface area contributed by atoms with Gasteiger partial charge in [0.25, 0.3) is 0 Å². The van der Waals surface area contributed by atoms with Gasteiger partial charge in [0, 0.05) is 16.7 Å². The lowest BCUT2D eigenvalue weighted by Crippen LogP contribution is -2.44. The van der Waals surface area contributed by atoms with Crippen LogP contribution in [-0.4, -0.2) is 10.6 Å². The maximum Gasteiger partial charge on any atom is 0.140 e. The van der Waals surface area contributed by atoms with Crippen LogP contribution in [0.2, 0.25) is 0 Å². The molecule has 2 aliphatic carbocycles. The van der Waals surface area contributed by atoms with Crippen molar-refractivity contribution in [2.45, 2.75) is 36.9 Å². The van der Waals surface area contributed by atoms with E-state index in [1.165, 1.54) is 12.8 Å². The predicted octanol–water partition coefficient (Wildman–Crippen LogP) is 2.28. The van der Waals surface area contributed by atoms with Crippen LogP contribution in [0.4, 0.5) is 0 Å². The Bertz CT molecular complexity index is 178. The van der Waals surface area contributed by atoms with Gasteiger partial charge in [-0.3, -0.25) is 4.79 Å². The lowest BCUT2D eigenvalue weighted by molar-refractivity contribution is -0.137. The Morgan fingerprint density at radius 1 is 1.50 bits per heavy atom. The summed E-state index contributed by atoms with van der Waals surface area (Å²) in [6, 6.07) is 0. The van der Waals surface area contributed by atoms with Crippen LogP contribution in [0.3, 0.4) is 0 Å². The lowest BCUT2D eigenvalue weighted by atomic mass is 9.66. The molecule has 1 nitrogen and oxygen atoms in total. The van der Waals surface area contributed by atoms with E-state index in [0.717, 1.165) is 19.3 Å². The molecule has 0 aliphatic heterocycles. The molecule has 2 atom stereocenters. The van der Waals surface area contributed by atoms with Crippen molar-refractivity contribution in [2.75, 3.05) is 0 Å². The van der Waals surface area contributed by atoms with Gasteiger partial charge in [0.2, 0.25) is 0 Å². The van der Waals surface area contributed by atoms with Crippen molar-refractivity contribution in [2.24, 2.45) is 5.41 Å². The van der Waals surface area contributed by atoms with Gasteiger partial charge in [-0.15, -0.1) is 0 Å². The summed E-state index contributed by atoms with van der Waals surface area (Å²) in [5.41, 5.74) is 0.111. The van der Waals surface area contributed by atoms with E-state index < -0.39 is 0 Å². The summed E-state index contributed by atoms with van der Waals surface area (Å²) >= 11 is 3.59. The van der Waals surface area contributed by atoms with Crippen LogP contribution in [0.1, 0.15) is 32.1 Å². The second kappa shape index (κ2) is 2.07. The molecule has 0 aromatic rings. The number of rotatable bonds is 0. The summed E-state index contributed by atoms with van der Waals surface area (Å²) in [4.78, 5) is 11.7. The molecular weight excluding hydrogens is 192 g/mol. The Balaban J connectivity index is 2.21. The van der Waals surface area contributed by atoms with Crippen LogP contribution in [-0.2, 0) is 4.79 Å². The van der Waals surface area contributed by atoms with Crippen LogP contribution >= 0.6 is 15.9 Å². The van der Waals surface area contributed by atoms with Gasteiger partial charge in [-0.1, -0.05) is 22.4 Å². The minimum Gasteiger partial charge on any atom is -0.299 e. The molecule has 2 rings (SSSR count). The first-order chi connectivity index (χ1) is 4.76. The minimum atomic E-state index is 0.111. The average molecular weight is 203 g/mol. The van der Waals surface area contributed by atoms with Crippen LogP contribution in [0.5, 0.6) is 0 Å². The number of alkyl halides is 1. The molecule has 56 valence electrons. The SMILES string of the molecule is O=C1CCC12CCC[C@@H]2Br. The van der Waals surface area contributed by atoms with E-state index >= 15 is 0 Å². The molecule has 0 N–H and O–H groups in total. The number of ketones is 1. The van der Waals surface area contributed by atoms with E-state index in [1.54, 1.807) is 0 Å². The maximum atomic E-state index is 11.2. The highest BCUT2D eigenvalue weighted by Crippen LogP contribution is 2.53. The monoisotopic (exact) mass is 202 g/mol. The zero-order chi connectivity index (χ0) is 7.19. The summed E-state index contributed by atoms with van der Waals surface area (Å²) in [7, 11) is 0.